The summed E-state index contributed by atoms with van der Waals surface area (Å²) in [5, 5.41) is 2.61. The summed E-state index contributed by atoms with van der Waals surface area (Å²) in [7, 11) is 2.84. The Balaban J connectivity index is 1.91. The first kappa shape index (κ1) is 20.2. The van der Waals surface area contributed by atoms with E-state index in [1.807, 2.05) is 0 Å². The lowest BCUT2D eigenvalue weighted by Gasteiger charge is -2.09. The van der Waals surface area contributed by atoms with Crippen LogP contribution in [0, 0.1) is 0 Å². The normalized spacial score (nSPS) is 11.4. The number of ether oxygens (including phenoxy) is 2. The first-order valence-electron chi connectivity index (χ1n) is 7.90. The van der Waals surface area contributed by atoms with Gasteiger partial charge in [0.1, 0.15) is 0 Å². The number of hydrogen-bond donors (Lipinski definition) is 1. The third-order valence-corrected chi connectivity index (χ3v) is 3.52. The van der Waals surface area contributed by atoms with Gasteiger partial charge in [-0.3, -0.25) is 4.79 Å². The lowest BCUT2D eigenvalue weighted by atomic mass is 10.1. The van der Waals surface area contributed by atoms with Crippen molar-refractivity contribution >= 4 is 12.0 Å². The Morgan fingerprint density at radius 2 is 2.04 bits per heavy atom. The van der Waals surface area contributed by atoms with Gasteiger partial charge in [-0.1, -0.05) is 18.2 Å². The minimum Gasteiger partial charge on any atom is -0.480 e. The number of carbonyl (C=O) groups excluding carboxylic acids is 1. The zero-order valence-electron chi connectivity index (χ0n) is 14.7. The van der Waals surface area contributed by atoms with Gasteiger partial charge in [0.15, 0.2) is 0 Å². The molecule has 6 nitrogen and oxygen atoms in total. The molecule has 144 valence electrons. The van der Waals surface area contributed by atoms with Crippen LogP contribution in [0.25, 0.3) is 6.08 Å². The molecule has 0 fully saturated rings. The average molecular weight is 381 g/mol. The Morgan fingerprint density at radius 1 is 1.26 bits per heavy atom. The summed E-state index contributed by atoms with van der Waals surface area (Å²) in [5.41, 5.74) is 0.253. The van der Waals surface area contributed by atoms with Gasteiger partial charge >= 0.3 is 12.2 Å². The summed E-state index contributed by atoms with van der Waals surface area (Å²) in [6, 6.07) is 5.14. The SMILES string of the molecule is COc1ncc(/C=C/C(=O)NCCc2cccc(C(F)(F)F)c2)c(OC)n1. The minimum atomic E-state index is -4.39. The molecule has 27 heavy (non-hydrogen) atoms. The van der Waals surface area contributed by atoms with Gasteiger partial charge in [0.2, 0.25) is 11.8 Å². The van der Waals surface area contributed by atoms with Crippen LogP contribution >= 0.6 is 0 Å². The van der Waals surface area contributed by atoms with Crippen molar-refractivity contribution in [2.45, 2.75) is 12.6 Å². The zero-order chi connectivity index (χ0) is 19.9. The van der Waals surface area contributed by atoms with Gasteiger partial charge in [-0.2, -0.15) is 18.2 Å². The maximum Gasteiger partial charge on any atom is 0.416 e. The number of aromatic nitrogens is 2. The summed E-state index contributed by atoms with van der Waals surface area (Å²) in [6.45, 7) is 0.195. The maximum absolute atomic E-state index is 12.7. The number of rotatable bonds is 7. The van der Waals surface area contributed by atoms with E-state index in [0.29, 0.717) is 11.1 Å². The number of carbonyl (C=O) groups is 1. The van der Waals surface area contributed by atoms with E-state index in [2.05, 4.69) is 15.3 Å². The molecular formula is C18H18F3N3O3. The molecule has 9 heteroatoms. The van der Waals surface area contributed by atoms with E-state index < -0.39 is 17.6 Å². The van der Waals surface area contributed by atoms with Crippen LogP contribution in [0.5, 0.6) is 11.9 Å². The highest BCUT2D eigenvalue weighted by molar-refractivity contribution is 5.91. The second-order valence-corrected chi connectivity index (χ2v) is 5.39. The van der Waals surface area contributed by atoms with Gasteiger partial charge in [0.25, 0.3) is 0 Å². The number of methoxy groups -OCH3 is 2. The fourth-order valence-corrected chi connectivity index (χ4v) is 2.19. The molecule has 0 spiro atoms. The number of nitrogens with one attached hydrogen (secondary N) is 1. The second kappa shape index (κ2) is 9.02. The van der Waals surface area contributed by atoms with Gasteiger partial charge in [-0.05, 0) is 24.1 Å². The topological polar surface area (TPSA) is 73.3 Å². The largest absolute Gasteiger partial charge is 0.480 e. The molecule has 0 radical (unpaired) electrons. The Morgan fingerprint density at radius 3 is 2.70 bits per heavy atom. The molecule has 1 N–H and O–H groups in total. The lowest BCUT2D eigenvalue weighted by Crippen LogP contribution is -2.23. The van der Waals surface area contributed by atoms with Crippen molar-refractivity contribution in [1.82, 2.24) is 15.3 Å². The summed E-state index contributed by atoms with van der Waals surface area (Å²) in [5.74, 6) is -0.158. The van der Waals surface area contributed by atoms with Crippen LogP contribution in [0.4, 0.5) is 13.2 Å². The zero-order valence-corrected chi connectivity index (χ0v) is 14.7. The third kappa shape index (κ3) is 5.98. The second-order valence-electron chi connectivity index (χ2n) is 5.39. The molecule has 0 aliphatic carbocycles. The molecule has 0 aliphatic rings. The number of nitrogens with zero attached hydrogens (tertiary/aromatic N) is 2. The molecule has 0 unspecified atom stereocenters. The predicted octanol–water partition coefficient (Wildman–Crippen LogP) is 2.88. The van der Waals surface area contributed by atoms with E-state index in [0.717, 1.165) is 12.1 Å². The number of alkyl halides is 3. The fourth-order valence-electron chi connectivity index (χ4n) is 2.19. The van der Waals surface area contributed by atoms with Crippen LogP contribution in [0.1, 0.15) is 16.7 Å². The lowest BCUT2D eigenvalue weighted by molar-refractivity contribution is -0.137. The molecule has 2 aromatic rings. The van der Waals surface area contributed by atoms with Crippen LogP contribution in [0.3, 0.4) is 0 Å². The van der Waals surface area contributed by atoms with E-state index in [9.17, 15) is 18.0 Å². The molecule has 2 rings (SSSR count). The number of amides is 1. The van der Waals surface area contributed by atoms with Crippen molar-refractivity contribution in [3.63, 3.8) is 0 Å². The van der Waals surface area contributed by atoms with Crippen LogP contribution < -0.4 is 14.8 Å². The minimum absolute atomic E-state index is 0.134. The Hall–Kier alpha value is -3.10. The third-order valence-electron chi connectivity index (χ3n) is 3.52. The van der Waals surface area contributed by atoms with E-state index in [-0.39, 0.29) is 24.9 Å². The highest BCUT2D eigenvalue weighted by atomic mass is 19.4. The molecule has 0 saturated heterocycles. The van der Waals surface area contributed by atoms with Gasteiger partial charge in [0.05, 0.1) is 25.3 Å². The molecule has 0 saturated carbocycles. The van der Waals surface area contributed by atoms with Crippen LogP contribution in [0.2, 0.25) is 0 Å². The molecular weight excluding hydrogens is 363 g/mol. The van der Waals surface area contributed by atoms with Crippen molar-refractivity contribution in [2.75, 3.05) is 20.8 Å². The van der Waals surface area contributed by atoms with Crippen molar-refractivity contribution in [1.29, 1.82) is 0 Å². The first-order chi connectivity index (χ1) is 12.8. The van der Waals surface area contributed by atoms with E-state index in [1.54, 1.807) is 6.07 Å². The van der Waals surface area contributed by atoms with Crippen molar-refractivity contribution in [2.24, 2.45) is 0 Å². The summed E-state index contributed by atoms with van der Waals surface area (Å²) >= 11 is 0. The monoisotopic (exact) mass is 381 g/mol. The smallest absolute Gasteiger partial charge is 0.416 e. The Labute approximate surface area is 154 Å². The Kier molecular flexibility index (Phi) is 6.75. The maximum atomic E-state index is 12.7. The summed E-state index contributed by atoms with van der Waals surface area (Å²) in [4.78, 5) is 19.8. The van der Waals surface area contributed by atoms with Crippen LogP contribution in [0.15, 0.2) is 36.5 Å². The Bertz CT molecular complexity index is 823. The average Bonchev–Trinajstić information content (AvgIpc) is 2.65. The molecule has 1 heterocycles. The van der Waals surface area contributed by atoms with Crippen LogP contribution in [-0.4, -0.2) is 36.6 Å². The van der Waals surface area contributed by atoms with Gasteiger partial charge < -0.3 is 14.8 Å². The molecule has 0 atom stereocenters. The van der Waals surface area contributed by atoms with Crippen molar-refractivity contribution in [3.8, 4) is 11.9 Å². The number of benzene rings is 1. The summed E-state index contributed by atoms with van der Waals surface area (Å²) in [6.07, 6.45) is 0.0642. The van der Waals surface area contributed by atoms with Crippen LogP contribution in [-0.2, 0) is 17.4 Å². The fraction of sp³-hybridized carbons (Fsp3) is 0.278. The number of hydrogen-bond acceptors (Lipinski definition) is 5. The standard InChI is InChI=1S/C18H18F3N3O3/c1-26-16-13(11-23-17(24-16)27-2)6-7-15(25)22-9-8-12-4-3-5-14(10-12)18(19,20)21/h3-7,10-11H,8-9H2,1-2H3,(H,22,25)/b7-6+. The predicted molar refractivity (Wildman–Crippen MR) is 92.3 cm³/mol. The highest BCUT2D eigenvalue weighted by Gasteiger charge is 2.30. The summed E-state index contributed by atoms with van der Waals surface area (Å²) < 4.78 is 48.0. The van der Waals surface area contributed by atoms with E-state index >= 15 is 0 Å². The molecule has 1 aromatic heterocycles. The van der Waals surface area contributed by atoms with E-state index in [4.69, 9.17) is 9.47 Å². The van der Waals surface area contributed by atoms with Gasteiger partial charge in [0, 0.05) is 18.8 Å². The molecule has 1 amide bonds. The highest BCUT2D eigenvalue weighted by Crippen LogP contribution is 2.29. The first-order valence-corrected chi connectivity index (χ1v) is 7.90. The number of halogens is 3. The quantitative estimate of drug-likeness (QED) is 0.747. The van der Waals surface area contributed by atoms with Gasteiger partial charge in [-0.25, -0.2) is 4.98 Å². The molecule has 0 bridgehead atoms. The van der Waals surface area contributed by atoms with Crippen molar-refractivity contribution in [3.05, 3.63) is 53.2 Å². The molecule has 0 aliphatic heterocycles. The van der Waals surface area contributed by atoms with E-state index in [1.165, 1.54) is 38.6 Å². The van der Waals surface area contributed by atoms with Crippen molar-refractivity contribution < 1.29 is 27.4 Å². The van der Waals surface area contributed by atoms with Gasteiger partial charge in [-0.15, -0.1) is 0 Å². The molecule has 1 aromatic carbocycles.